The summed E-state index contributed by atoms with van der Waals surface area (Å²) in [5.41, 5.74) is 3.39. The molecule has 2 aromatic heterocycles. The molecule has 154 valence electrons. The Morgan fingerprint density at radius 2 is 2.10 bits per heavy atom. The molecule has 1 aromatic carbocycles. The number of aryl methyl sites for hydroxylation is 1. The third-order valence-electron chi connectivity index (χ3n) is 5.33. The number of benzene rings is 1. The Kier molecular flexibility index (Phi) is 5.49. The minimum atomic E-state index is -1.07. The molecule has 1 N–H and O–H groups in total. The average Bonchev–Trinajstić information content (AvgIpc) is 3.35. The van der Waals surface area contributed by atoms with Crippen LogP contribution in [0.5, 0.6) is 0 Å². The standard InChI is InChI=1S/C22H20ClN3O3S/c1-3-20(27)25-10-16(15-9-19(23)30-18(15)12-25)13-7-5-6-8-14(13)17-11-26(4-2)24-21(17)22(28)29/h3,5-9,11,16H,1,4,10,12H2,2H3,(H,28,29)/t16-/m1/s1. The highest BCUT2D eigenvalue weighted by Crippen LogP contribution is 2.43. The molecular formula is C22H20ClN3O3S. The van der Waals surface area contributed by atoms with Crippen LogP contribution in [0.4, 0.5) is 0 Å². The molecule has 3 aromatic rings. The molecule has 8 heteroatoms. The molecule has 6 nitrogen and oxygen atoms in total. The lowest BCUT2D eigenvalue weighted by atomic mass is 9.84. The number of aromatic nitrogens is 2. The molecule has 0 saturated carbocycles. The summed E-state index contributed by atoms with van der Waals surface area (Å²) in [6.45, 7) is 7.05. The Hall–Kier alpha value is -2.90. The van der Waals surface area contributed by atoms with Gasteiger partial charge in [-0.1, -0.05) is 42.4 Å². The highest BCUT2D eigenvalue weighted by atomic mass is 35.5. The molecule has 0 aliphatic carbocycles. The van der Waals surface area contributed by atoms with Gasteiger partial charge in [0.2, 0.25) is 5.91 Å². The lowest BCUT2D eigenvalue weighted by molar-refractivity contribution is -0.127. The summed E-state index contributed by atoms with van der Waals surface area (Å²) in [4.78, 5) is 27.0. The van der Waals surface area contributed by atoms with Crippen molar-refractivity contribution in [3.05, 3.63) is 75.2 Å². The van der Waals surface area contributed by atoms with E-state index in [1.807, 2.05) is 37.3 Å². The number of carboxylic acid groups (broad SMARTS) is 1. The third-order valence-corrected chi connectivity index (χ3v) is 6.59. The van der Waals surface area contributed by atoms with E-state index in [9.17, 15) is 14.7 Å². The van der Waals surface area contributed by atoms with Gasteiger partial charge < -0.3 is 10.0 Å². The Labute approximate surface area is 183 Å². The van der Waals surface area contributed by atoms with Gasteiger partial charge in [-0.25, -0.2) is 4.79 Å². The van der Waals surface area contributed by atoms with Crippen LogP contribution in [-0.2, 0) is 17.9 Å². The van der Waals surface area contributed by atoms with Crippen molar-refractivity contribution < 1.29 is 14.7 Å². The number of hydrogen-bond donors (Lipinski definition) is 1. The molecule has 1 amide bonds. The number of carbonyl (C=O) groups is 2. The number of carboxylic acids is 1. The molecule has 3 heterocycles. The van der Waals surface area contributed by atoms with Crippen LogP contribution in [-0.4, -0.2) is 38.2 Å². The van der Waals surface area contributed by atoms with E-state index in [1.54, 1.807) is 15.8 Å². The Balaban J connectivity index is 1.88. The molecular weight excluding hydrogens is 422 g/mol. The van der Waals surface area contributed by atoms with Crippen LogP contribution in [0.2, 0.25) is 4.34 Å². The molecule has 30 heavy (non-hydrogen) atoms. The summed E-state index contributed by atoms with van der Waals surface area (Å²) in [5.74, 6) is -1.35. The molecule has 0 bridgehead atoms. The Morgan fingerprint density at radius 1 is 1.33 bits per heavy atom. The second-order valence-electron chi connectivity index (χ2n) is 7.04. The Bertz CT molecular complexity index is 1150. The number of fused-ring (bicyclic) bond motifs is 1. The van der Waals surface area contributed by atoms with Crippen molar-refractivity contribution in [1.29, 1.82) is 0 Å². The van der Waals surface area contributed by atoms with Gasteiger partial charge in [-0.05, 0) is 35.8 Å². The average molecular weight is 442 g/mol. The van der Waals surface area contributed by atoms with E-state index in [0.29, 0.717) is 29.5 Å². The number of hydrogen-bond acceptors (Lipinski definition) is 4. The molecule has 1 atom stereocenters. The maximum atomic E-state index is 12.4. The van der Waals surface area contributed by atoms with Crippen LogP contribution in [0, 0.1) is 0 Å². The monoisotopic (exact) mass is 441 g/mol. The van der Waals surface area contributed by atoms with Gasteiger partial charge in [0, 0.05) is 35.6 Å². The molecule has 1 aliphatic heterocycles. The molecule has 4 rings (SSSR count). The highest BCUT2D eigenvalue weighted by Gasteiger charge is 2.32. The van der Waals surface area contributed by atoms with E-state index in [1.165, 1.54) is 17.4 Å². The van der Waals surface area contributed by atoms with Gasteiger partial charge in [-0.3, -0.25) is 9.48 Å². The third kappa shape index (κ3) is 3.55. The number of rotatable bonds is 5. The van der Waals surface area contributed by atoms with E-state index in [0.717, 1.165) is 21.6 Å². The number of halogens is 1. The van der Waals surface area contributed by atoms with Crippen LogP contribution in [0.15, 0.2) is 49.2 Å². The zero-order valence-corrected chi connectivity index (χ0v) is 17.9. The fourth-order valence-corrected chi connectivity index (χ4v) is 5.29. The number of amides is 1. The second kappa shape index (κ2) is 8.08. The van der Waals surface area contributed by atoms with Crippen molar-refractivity contribution in [3.63, 3.8) is 0 Å². The van der Waals surface area contributed by atoms with Gasteiger partial charge in [-0.15, -0.1) is 11.3 Å². The van der Waals surface area contributed by atoms with Crippen molar-refractivity contribution in [3.8, 4) is 11.1 Å². The van der Waals surface area contributed by atoms with Crippen molar-refractivity contribution in [2.45, 2.75) is 25.9 Å². The van der Waals surface area contributed by atoms with Gasteiger partial charge >= 0.3 is 5.97 Å². The van der Waals surface area contributed by atoms with Crippen LogP contribution in [0.1, 0.15) is 39.3 Å². The van der Waals surface area contributed by atoms with E-state index in [4.69, 9.17) is 11.6 Å². The molecule has 0 radical (unpaired) electrons. The predicted octanol–water partition coefficient (Wildman–Crippen LogP) is 4.64. The van der Waals surface area contributed by atoms with Gasteiger partial charge in [-0.2, -0.15) is 5.10 Å². The summed E-state index contributed by atoms with van der Waals surface area (Å²) in [7, 11) is 0. The van der Waals surface area contributed by atoms with Gasteiger partial charge in [0.15, 0.2) is 5.69 Å². The van der Waals surface area contributed by atoms with Crippen LogP contribution in [0.3, 0.4) is 0 Å². The topological polar surface area (TPSA) is 75.4 Å². The van der Waals surface area contributed by atoms with Gasteiger partial charge in [0.25, 0.3) is 0 Å². The maximum absolute atomic E-state index is 12.4. The molecule has 0 fully saturated rings. The number of carbonyl (C=O) groups excluding carboxylic acids is 1. The van der Waals surface area contributed by atoms with Crippen LogP contribution < -0.4 is 0 Å². The lowest BCUT2D eigenvalue weighted by Crippen LogP contribution is -2.37. The van der Waals surface area contributed by atoms with Gasteiger partial charge in [0.1, 0.15) is 0 Å². The van der Waals surface area contributed by atoms with E-state index in [-0.39, 0.29) is 17.5 Å². The SMILES string of the molecule is C=CC(=O)N1Cc2sc(Cl)cc2[C@@H](c2ccccc2-c2cn(CC)nc2C(=O)O)C1. The fraction of sp³-hybridized carbons (Fsp3) is 0.227. The molecule has 0 saturated heterocycles. The first-order chi connectivity index (χ1) is 14.4. The normalized spacial score (nSPS) is 15.7. The summed E-state index contributed by atoms with van der Waals surface area (Å²) >= 11 is 7.78. The maximum Gasteiger partial charge on any atom is 0.357 e. The summed E-state index contributed by atoms with van der Waals surface area (Å²) < 4.78 is 2.29. The van der Waals surface area contributed by atoms with Crippen LogP contribution in [0.25, 0.3) is 11.1 Å². The molecule has 0 unspecified atom stereocenters. The first kappa shape index (κ1) is 20.4. The number of nitrogens with zero attached hydrogens (tertiary/aromatic N) is 3. The zero-order chi connectivity index (χ0) is 21.4. The lowest BCUT2D eigenvalue weighted by Gasteiger charge is -2.33. The minimum absolute atomic E-state index is 0.0164. The Morgan fingerprint density at radius 3 is 2.80 bits per heavy atom. The first-order valence-electron chi connectivity index (χ1n) is 9.52. The molecule has 1 aliphatic rings. The minimum Gasteiger partial charge on any atom is -0.476 e. The summed E-state index contributed by atoms with van der Waals surface area (Å²) in [6, 6.07) is 9.63. The summed E-state index contributed by atoms with van der Waals surface area (Å²) in [5, 5.41) is 13.9. The van der Waals surface area contributed by atoms with Crippen LogP contribution >= 0.6 is 22.9 Å². The van der Waals surface area contributed by atoms with E-state index < -0.39 is 5.97 Å². The first-order valence-corrected chi connectivity index (χ1v) is 10.7. The second-order valence-corrected chi connectivity index (χ2v) is 8.81. The largest absolute Gasteiger partial charge is 0.476 e. The quantitative estimate of drug-likeness (QED) is 0.585. The predicted molar refractivity (Wildman–Crippen MR) is 117 cm³/mol. The summed E-state index contributed by atoms with van der Waals surface area (Å²) in [6.07, 6.45) is 3.08. The highest BCUT2D eigenvalue weighted by molar-refractivity contribution is 7.16. The molecule has 0 spiro atoms. The smallest absolute Gasteiger partial charge is 0.357 e. The zero-order valence-electron chi connectivity index (χ0n) is 16.3. The fourth-order valence-electron chi connectivity index (χ4n) is 3.93. The van der Waals surface area contributed by atoms with Gasteiger partial charge in [0.05, 0.1) is 10.9 Å². The van der Waals surface area contributed by atoms with Crippen molar-refractivity contribution >= 4 is 34.8 Å². The van der Waals surface area contributed by atoms with Crippen molar-refractivity contribution in [1.82, 2.24) is 14.7 Å². The van der Waals surface area contributed by atoms with E-state index in [2.05, 4.69) is 11.7 Å². The number of thiophene rings is 1. The van der Waals surface area contributed by atoms with Crippen molar-refractivity contribution in [2.24, 2.45) is 0 Å². The number of aromatic carboxylic acids is 1. The van der Waals surface area contributed by atoms with Crippen molar-refractivity contribution in [2.75, 3.05) is 6.54 Å². The van der Waals surface area contributed by atoms with E-state index >= 15 is 0 Å².